The summed E-state index contributed by atoms with van der Waals surface area (Å²) in [6.07, 6.45) is 0.146. The standard InChI is InChI=1S/C15H21NO5S/c1-15(2,3)10-6-7-12-11(8-10)16(22(5,18)19)9-13(21-12)14(17)20-4/h6-8,13H,9H2,1-5H3. The SMILES string of the molecule is COC(=O)C1CN(S(C)(=O)=O)c2cc(C(C)(C)C)ccc2O1. The third kappa shape index (κ3) is 3.19. The first-order valence-corrected chi connectivity index (χ1v) is 8.75. The van der Waals surface area contributed by atoms with E-state index in [1.807, 2.05) is 26.8 Å². The van der Waals surface area contributed by atoms with Crippen molar-refractivity contribution in [2.75, 3.05) is 24.2 Å². The molecule has 2 rings (SSSR count). The van der Waals surface area contributed by atoms with Gasteiger partial charge in [0.1, 0.15) is 5.75 Å². The fourth-order valence-electron chi connectivity index (χ4n) is 2.29. The number of hydrogen-bond acceptors (Lipinski definition) is 5. The van der Waals surface area contributed by atoms with Gasteiger partial charge in [0, 0.05) is 0 Å². The van der Waals surface area contributed by atoms with Crippen LogP contribution in [0.15, 0.2) is 18.2 Å². The van der Waals surface area contributed by atoms with Gasteiger partial charge in [0.2, 0.25) is 16.1 Å². The van der Waals surface area contributed by atoms with Gasteiger partial charge in [-0.3, -0.25) is 4.31 Å². The van der Waals surface area contributed by atoms with Crippen LogP contribution in [0, 0.1) is 0 Å². The highest BCUT2D eigenvalue weighted by Crippen LogP contribution is 2.38. The van der Waals surface area contributed by atoms with Crippen molar-refractivity contribution in [3.8, 4) is 5.75 Å². The minimum Gasteiger partial charge on any atom is -0.475 e. The van der Waals surface area contributed by atoms with Crippen LogP contribution in [-0.4, -0.2) is 40.4 Å². The van der Waals surface area contributed by atoms with Gasteiger partial charge < -0.3 is 9.47 Å². The van der Waals surface area contributed by atoms with E-state index in [1.165, 1.54) is 11.4 Å². The monoisotopic (exact) mass is 327 g/mol. The van der Waals surface area contributed by atoms with Gasteiger partial charge in [0.05, 0.1) is 25.6 Å². The number of hydrogen-bond donors (Lipinski definition) is 0. The third-order valence-electron chi connectivity index (χ3n) is 3.56. The third-order valence-corrected chi connectivity index (χ3v) is 4.71. The molecule has 0 aromatic heterocycles. The highest BCUT2D eigenvalue weighted by atomic mass is 32.2. The minimum absolute atomic E-state index is 0.0912. The first-order chi connectivity index (χ1) is 10.0. The van der Waals surface area contributed by atoms with Gasteiger partial charge in [-0.25, -0.2) is 13.2 Å². The van der Waals surface area contributed by atoms with E-state index in [2.05, 4.69) is 4.74 Å². The maximum atomic E-state index is 12.1. The molecule has 0 aliphatic carbocycles. The molecule has 0 N–H and O–H groups in total. The molecular weight excluding hydrogens is 306 g/mol. The van der Waals surface area contributed by atoms with E-state index in [-0.39, 0.29) is 12.0 Å². The Morgan fingerprint density at radius 3 is 2.50 bits per heavy atom. The Morgan fingerprint density at radius 2 is 2.00 bits per heavy atom. The van der Waals surface area contributed by atoms with Crippen LogP contribution < -0.4 is 9.04 Å². The summed E-state index contributed by atoms with van der Waals surface area (Å²) in [6.45, 7) is 6.04. The van der Waals surface area contributed by atoms with Crippen LogP contribution in [0.2, 0.25) is 0 Å². The summed E-state index contributed by atoms with van der Waals surface area (Å²) in [4.78, 5) is 11.7. The molecule has 1 aromatic carbocycles. The normalized spacial score (nSPS) is 18.4. The summed E-state index contributed by atoms with van der Waals surface area (Å²) in [5.74, 6) is -0.237. The van der Waals surface area contributed by atoms with Crippen molar-refractivity contribution < 1.29 is 22.7 Å². The van der Waals surface area contributed by atoms with Crippen molar-refractivity contribution >= 4 is 21.7 Å². The van der Waals surface area contributed by atoms with E-state index in [1.54, 1.807) is 12.1 Å². The van der Waals surface area contributed by atoms with Crippen LogP contribution in [0.25, 0.3) is 0 Å². The molecule has 1 aliphatic heterocycles. The van der Waals surface area contributed by atoms with Crippen LogP contribution in [0.5, 0.6) is 5.75 Å². The Balaban J connectivity index is 2.54. The molecule has 1 heterocycles. The van der Waals surface area contributed by atoms with Gasteiger partial charge in [-0.1, -0.05) is 26.8 Å². The zero-order valence-corrected chi connectivity index (χ0v) is 14.2. The Kier molecular flexibility index (Phi) is 4.12. The van der Waals surface area contributed by atoms with Gasteiger partial charge in [0.25, 0.3) is 0 Å². The van der Waals surface area contributed by atoms with Crippen molar-refractivity contribution in [3.05, 3.63) is 23.8 Å². The number of sulfonamides is 1. The second-order valence-electron chi connectivity index (χ2n) is 6.36. The van der Waals surface area contributed by atoms with E-state index in [9.17, 15) is 13.2 Å². The average molecular weight is 327 g/mol. The number of nitrogens with zero attached hydrogens (tertiary/aromatic N) is 1. The number of ether oxygens (including phenoxy) is 2. The average Bonchev–Trinajstić information content (AvgIpc) is 2.42. The lowest BCUT2D eigenvalue weighted by Crippen LogP contribution is -2.47. The van der Waals surface area contributed by atoms with E-state index < -0.39 is 22.1 Å². The van der Waals surface area contributed by atoms with Gasteiger partial charge in [-0.05, 0) is 23.1 Å². The molecule has 0 bridgehead atoms. The number of anilines is 1. The molecule has 0 saturated carbocycles. The molecule has 22 heavy (non-hydrogen) atoms. The molecule has 1 unspecified atom stereocenters. The summed E-state index contributed by atoms with van der Waals surface area (Å²) < 4.78 is 35.6. The first kappa shape index (κ1) is 16.6. The maximum absolute atomic E-state index is 12.1. The van der Waals surface area contributed by atoms with E-state index >= 15 is 0 Å². The number of benzene rings is 1. The van der Waals surface area contributed by atoms with Crippen molar-refractivity contribution in [2.45, 2.75) is 32.3 Å². The molecule has 1 aliphatic rings. The van der Waals surface area contributed by atoms with E-state index in [4.69, 9.17) is 4.74 Å². The lowest BCUT2D eigenvalue weighted by atomic mass is 9.86. The minimum atomic E-state index is -3.53. The van der Waals surface area contributed by atoms with E-state index in [0.717, 1.165) is 11.8 Å². The Bertz CT molecular complexity index is 690. The Hall–Kier alpha value is -1.76. The van der Waals surface area contributed by atoms with Crippen molar-refractivity contribution in [1.29, 1.82) is 0 Å². The predicted octanol–water partition coefficient (Wildman–Crippen LogP) is 1.68. The van der Waals surface area contributed by atoms with Gasteiger partial charge >= 0.3 is 5.97 Å². The zero-order valence-electron chi connectivity index (χ0n) is 13.4. The lowest BCUT2D eigenvalue weighted by molar-refractivity contribution is -0.148. The molecule has 0 saturated heterocycles. The number of fused-ring (bicyclic) bond motifs is 1. The quantitative estimate of drug-likeness (QED) is 0.773. The molecule has 1 atom stereocenters. The Labute approximate surface area is 131 Å². The van der Waals surface area contributed by atoms with Crippen LogP contribution in [0.4, 0.5) is 5.69 Å². The fraction of sp³-hybridized carbons (Fsp3) is 0.533. The van der Waals surface area contributed by atoms with Gasteiger partial charge in [0.15, 0.2) is 0 Å². The summed E-state index contributed by atoms with van der Waals surface area (Å²) in [5, 5.41) is 0. The van der Waals surface area contributed by atoms with Crippen LogP contribution in [-0.2, 0) is 25.0 Å². The molecule has 0 fully saturated rings. The summed E-state index contributed by atoms with van der Waals surface area (Å²) in [7, 11) is -2.29. The predicted molar refractivity (Wildman–Crippen MR) is 83.8 cm³/mol. The highest BCUT2D eigenvalue weighted by molar-refractivity contribution is 7.92. The largest absolute Gasteiger partial charge is 0.475 e. The topological polar surface area (TPSA) is 72.9 Å². The summed E-state index contributed by atoms with van der Waals surface area (Å²) in [5.41, 5.74) is 1.31. The van der Waals surface area contributed by atoms with Crippen LogP contribution >= 0.6 is 0 Å². The van der Waals surface area contributed by atoms with Crippen LogP contribution in [0.1, 0.15) is 26.3 Å². The molecule has 7 heteroatoms. The molecule has 122 valence electrons. The van der Waals surface area contributed by atoms with Gasteiger partial charge in [-0.15, -0.1) is 0 Å². The second kappa shape index (κ2) is 5.46. The maximum Gasteiger partial charge on any atom is 0.348 e. The first-order valence-electron chi connectivity index (χ1n) is 6.91. The smallest absolute Gasteiger partial charge is 0.348 e. The zero-order chi connectivity index (χ0) is 16.7. The highest BCUT2D eigenvalue weighted by Gasteiger charge is 2.36. The number of carbonyl (C=O) groups excluding carboxylic acids is 1. The Morgan fingerprint density at radius 1 is 1.36 bits per heavy atom. The fourth-order valence-corrected chi connectivity index (χ4v) is 3.19. The van der Waals surface area contributed by atoms with Crippen molar-refractivity contribution in [3.63, 3.8) is 0 Å². The summed E-state index contributed by atoms with van der Waals surface area (Å²) in [6, 6.07) is 5.37. The molecule has 0 spiro atoms. The number of rotatable bonds is 2. The van der Waals surface area contributed by atoms with Crippen molar-refractivity contribution in [1.82, 2.24) is 0 Å². The molecule has 6 nitrogen and oxygen atoms in total. The second-order valence-corrected chi connectivity index (χ2v) is 8.26. The summed E-state index contributed by atoms with van der Waals surface area (Å²) >= 11 is 0. The molecule has 1 aromatic rings. The molecular formula is C15H21NO5S. The van der Waals surface area contributed by atoms with E-state index in [0.29, 0.717) is 11.4 Å². The van der Waals surface area contributed by atoms with Crippen molar-refractivity contribution in [2.24, 2.45) is 0 Å². The molecule has 0 amide bonds. The lowest BCUT2D eigenvalue weighted by Gasteiger charge is -2.34. The number of carbonyl (C=O) groups is 1. The number of esters is 1. The van der Waals surface area contributed by atoms with Gasteiger partial charge in [-0.2, -0.15) is 0 Å². The van der Waals surface area contributed by atoms with Crippen LogP contribution in [0.3, 0.4) is 0 Å². The number of methoxy groups -OCH3 is 1. The molecule has 0 radical (unpaired) electrons.